The SMILES string of the molecule is O=C(COc1ccc(F)cc1)N1CC[C@@H](c2cc(CCOc3ccc(F)c(F)c3)[nH]n2)C1. The van der Waals surface area contributed by atoms with Crippen molar-refractivity contribution in [3.8, 4) is 11.5 Å². The lowest BCUT2D eigenvalue weighted by molar-refractivity contribution is -0.132. The maximum atomic E-state index is 13.2. The molecule has 1 aromatic heterocycles. The molecule has 0 radical (unpaired) electrons. The summed E-state index contributed by atoms with van der Waals surface area (Å²) in [6.07, 6.45) is 1.31. The topological polar surface area (TPSA) is 67.4 Å². The van der Waals surface area contributed by atoms with Crippen LogP contribution in [0.5, 0.6) is 11.5 Å². The summed E-state index contributed by atoms with van der Waals surface area (Å²) in [7, 11) is 0. The summed E-state index contributed by atoms with van der Waals surface area (Å²) in [5.74, 6) is -1.54. The maximum absolute atomic E-state index is 13.2. The van der Waals surface area contributed by atoms with Gasteiger partial charge in [0.25, 0.3) is 5.91 Å². The van der Waals surface area contributed by atoms with E-state index >= 15 is 0 Å². The van der Waals surface area contributed by atoms with Crippen molar-refractivity contribution in [2.24, 2.45) is 0 Å². The van der Waals surface area contributed by atoms with Crippen molar-refractivity contribution < 1.29 is 27.4 Å². The molecule has 168 valence electrons. The second-order valence-electron chi connectivity index (χ2n) is 7.56. The first-order valence-electron chi connectivity index (χ1n) is 10.3. The minimum Gasteiger partial charge on any atom is -0.493 e. The van der Waals surface area contributed by atoms with Crippen LogP contribution in [-0.2, 0) is 11.2 Å². The Bertz CT molecular complexity index is 1070. The summed E-state index contributed by atoms with van der Waals surface area (Å²) >= 11 is 0. The van der Waals surface area contributed by atoms with Crippen LogP contribution in [0.2, 0.25) is 0 Å². The second kappa shape index (κ2) is 9.76. The van der Waals surface area contributed by atoms with Gasteiger partial charge in [-0.3, -0.25) is 9.89 Å². The molecule has 6 nitrogen and oxygen atoms in total. The Hall–Kier alpha value is -3.49. The molecule has 1 aliphatic heterocycles. The lowest BCUT2D eigenvalue weighted by atomic mass is 10.0. The number of aromatic nitrogens is 2. The van der Waals surface area contributed by atoms with E-state index in [-0.39, 0.29) is 36.6 Å². The molecule has 0 saturated carbocycles. The van der Waals surface area contributed by atoms with E-state index in [2.05, 4.69) is 10.2 Å². The van der Waals surface area contributed by atoms with E-state index in [1.54, 1.807) is 4.90 Å². The third-order valence-corrected chi connectivity index (χ3v) is 5.32. The molecule has 1 amide bonds. The van der Waals surface area contributed by atoms with Gasteiger partial charge in [0.15, 0.2) is 18.2 Å². The van der Waals surface area contributed by atoms with Gasteiger partial charge in [-0.1, -0.05) is 0 Å². The van der Waals surface area contributed by atoms with Crippen LogP contribution >= 0.6 is 0 Å². The van der Waals surface area contributed by atoms with E-state index < -0.39 is 11.6 Å². The molecule has 1 aliphatic rings. The number of ether oxygens (including phenoxy) is 2. The van der Waals surface area contributed by atoms with Crippen molar-refractivity contribution in [2.75, 3.05) is 26.3 Å². The molecule has 2 aromatic carbocycles. The van der Waals surface area contributed by atoms with Crippen molar-refractivity contribution in [1.29, 1.82) is 0 Å². The zero-order valence-corrected chi connectivity index (χ0v) is 17.2. The van der Waals surface area contributed by atoms with Gasteiger partial charge in [0.05, 0.1) is 12.3 Å². The molecular formula is C23H22F3N3O3. The first kappa shape index (κ1) is 21.7. The molecule has 0 unspecified atom stereocenters. The van der Waals surface area contributed by atoms with Gasteiger partial charge in [-0.05, 0) is 48.9 Å². The highest BCUT2D eigenvalue weighted by molar-refractivity contribution is 5.78. The summed E-state index contributed by atoms with van der Waals surface area (Å²) in [6, 6.07) is 10.9. The molecule has 32 heavy (non-hydrogen) atoms. The van der Waals surface area contributed by atoms with Gasteiger partial charge in [0.1, 0.15) is 17.3 Å². The Labute approximate surface area is 183 Å². The van der Waals surface area contributed by atoms with Crippen molar-refractivity contribution in [1.82, 2.24) is 15.1 Å². The first-order chi connectivity index (χ1) is 15.5. The minimum absolute atomic E-state index is 0.106. The number of aromatic amines is 1. The van der Waals surface area contributed by atoms with Gasteiger partial charge in [0, 0.05) is 37.2 Å². The molecule has 3 aromatic rings. The number of hydrogen-bond acceptors (Lipinski definition) is 4. The largest absolute Gasteiger partial charge is 0.493 e. The number of likely N-dealkylation sites (tertiary alicyclic amines) is 1. The average molecular weight is 445 g/mol. The number of carbonyl (C=O) groups excluding carboxylic acids is 1. The lowest BCUT2D eigenvalue weighted by Gasteiger charge is -2.16. The highest BCUT2D eigenvalue weighted by Crippen LogP contribution is 2.26. The number of nitrogens with one attached hydrogen (secondary N) is 1. The van der Waals surface area contributed by atoms with Crippen LogP contribution < -0.4 is 9.47 Å². The zero-order valence-electron chi connectivity index (χ0n) is 17.2. The third-order valence-electron chi connectivity index (χ3n) is 5.32. The third kappa shape index (κ3) is 5.40. The van der Waals surface area contributed by atoms with Crippen LogP contribution in [0.3, 0.4) is 0 Å². The summed E-state index contributed by atoms with van der Waals surface area (Å²) < 4.78 is 50.0. The van der Waals surface area contributed by atoms with Crippen molar-refractivity contribution in [2.45, 2.75) is 18.8 Å². The Morgan fingerprint density at radius 3 is 2.59 bits per heavy atom. The summed E-state index contributed by atoms with van der Waals surface area (Å²) in [5.41, 5.74) is 1.72. The van der Waals surface area contributed by atoms with Gasteiger partial charge in [-0.25, -0.2) is 13.2 Å². The number of amides is 1. The van der Waals surface area contributed by atoms with Crippen molar-refractivity contribution in [3.63, 3.8) is 0 Å². The van der Waals surface area contributed by atoms with Crippen LogP contribution in [0.15, 0.2) is 48.5 Å². The molecule has 1 fully saturated rings. The Morgan fingerprint density at radius 1 is 1.03 bits per heavy atom. The molecular weight excluding hydrogens is 423 g/mol. The summed E-state index contributed by atoms with van der Waals surface area (Å²) in [5, 5.41) is 7.31. The fourth-order valence-electron chi connectivity index (χ4n) is 3.56. The van der Waals surface area contributed by atoms with E-state index in [9.17, 15) is 18.0 Å². The number of benzene rings is 2. The predicted octanol–water partition coefficient (Wildman–Crippen LogP) is 3.84. The lowest BCUT2D eigenvalue weighted by Crippen LogP contribution is -2.32. The van der Waals surface area contributed by atoms with Crippen LogP contribution in [0, 0.1) is 17.5 Å². The van der Waals surface area contributed by atoms with E-state index in [0.29, 0.717) is 25.3 Å². The predicted molar refractivity (Wildman–Crippen MR) is 110 cm³/mol. The molecule has 2 heterocycles. The maximum Gasteiger partial charge on any atom is 0.260 e. The Morgan fingerprint density at radius 2 is 1.81 bits per heavy atom. The van der Waals surface area contributed by atoms with Gasteiger partial charge >= 0.3 is 0 Å². The fraction of sp³-hybridized carbons (Fsp3) is 0.304. The number of hydrogen-bond donors (Lipinski definition) is 1. The van der Waals surface area contributed by atoms with Gasteiger partial charge in [-0.2, -0.15) is 5.10 Å². The molecule has 4 rings (SSSR count). The fourth-order valence-corrected chi connectivity index (χ4v) is 3.56. The van der Waals surface area contributed by atoms with E-state index in [0.717, 1.165) is 29.9 Å². The standard InChI is InChI=1S/C23H22F3N3O3/c24-16-1-3-18(4-2-16)32-14-23(30)29-9-7-15(13-29)22-11-17(27-28-22)8-10-31-19-5-6-20(25)21(26)12-19/h1-6,11-12,15H,7-10,13-14H2,(H,27,28)/t15-/m1/s1. The van der Waals surface area contributed by atoms with Crippen molar-refractivity contribution >= 4 is 5.91 Å². The molecule has 1 atom stereocenters. The zero-order chi connectivity index (χ0) is 22.5. The second-order valence-corrected chi connectivity index (χ2v) is 7.56. The summed E-state index contributed by atoms with van der Waals surface area (Å²) in [6.45, 7) is 1.33. The quantitative estimate of drug-likeness (QED) is 0.572. The summed E-state index contributed by atoms with van der Waals surface area (Å²) in [4.78, 5) is 14.2. The van der Waals surface area contributed by atoms with Gasteiger partial charge in [0.2, 0.25) is 0 Å². The van der Waals surface area contributed by atoms with Crippen LogP contribution in [0.25, 0.3) is 0 Å². The van der Waals surface area contributed by atoms with E-state index in [1.165, 1.54) is 30.3 Å². The van der Waals surface area contributed by atoms with E-state index in [1.807, 2.05) is 6.07 Å². The van der Waals surface area contributed by atoms with E-state index in [4.69, 9.17) is 9.47 Å². The number of carbonyl (C=O) groups is 1. The average Bonchev–Trinajstić information content (AvgIpc) is 3.45. The minimum atomic E-state index is -0.949. The Balaban J connectivity index is 1.23. The van der Waals surface area contributed by atoms with Gasteiger partial charge < -0.3 is 14.4 Å². The molecule has 9 heteroatoms. The molecule has 0 bridgehead atoms. The Kier molecular flexibility index (Phi) is 6.63. The number of rotatable bonds is 8. The molecule has 0 aliphatic carbocycles. The highest BCUT2D eigenvalue weighted by Gasteiger charge is 2.29. The normalized spacial score (nSPS) is 15.7. The monoisotopic (exact) mass is 445 g/mol. The number of halogens is 3. The molecule has 1 saturated heterocycles. The van der Waals surface area contributed by atoms with Gasteiger partial charge in [-0.15, -0.1) is 0 Å². The number of H-pyrrole nitrogens is 1. The van der Waals surface area contributed by atoms with Crippen LogP contribution in [-0.4, -0.2) is 47.3 Å². The number of nitrogens with zero attached hydrogens (tertiary/aromatic N) is 2. The van der Waals surface area contributed by atoms with Crippen LogP contribution in [0.4, 0.5) is 13.2 Å². The first-order valence-corrected chi connectivity index (χ1v) is 10.3. The highest BCUT2D eigenvalue weighted by atomic mass is 19.2. The molecule has 1 N–H and O–H groups in total. The van der Waals surface area contributed by atoms with Crippen LogP contribution in [0.1, 0.15) is 23.7 Å². The molecule has 0 spiro atoms. The smallest absolute Gasteiger partial charge is 0.260 e. The van der Waals surface area contributed by atoms with Crippen molar-refractivity contribution in [3.05, 3.63) is 77.4 Å².